The third kappa shape index (κ3) is 4.19. The van der Waals surface area contributed by atoms with E-state index < -0.39 is 17.5 Å². The molecule has 0 aliphatic carbocycles. The van der Waals surface area contributed by atoms with Gasteiger partial charge in [-0.1, -0.05) is 6.07 Å². The number of carbonyl (C=O) groups excluding carboxylic acids is 1. The number of carbonyl (C=O) groups is 1. The van der Waals surface area contributed by atoms with Crippen LogP contribution in [0.3, 0.4) is 0 Å². The summed E-state index contributed by atoms with van der Waals surface area (Å²) in [7, 11) is 0. The quantitative estimate of drug-likeness (QED) is 0.871. The van der Waals surface area contributed by atoms with Crippen molar-refractivity contribution >= 4 is 5.91 Å². The minimum Gasteiger partial charge on any atom is -0.352 e. The molecule has 1 amide bonds. The fourth-order valence-corrected chi connectivity index (χ4v) is 1.35. The summed E-state index contributed by atoms with van der Waals surface area (Å²) in [6, 6.07) is 4.71. The Bertz CT molecular complexity index is 454. The van der Waals surface area contributed by atoms with Gasteiger partial charge in [0.1, 0.15) is 11.6 Å². The number of amides is 1. The highest BCUT2D eigenvalue weighted by Crippen LogP contribution is 2.10. The number of nitrogens with zero attached hydrogens (tertiary/aromatic N) is 1. The fourth-order valence-electron chi connectivity index (χ4n) is 1.35. The van der Waals surface area contributed by atoms with E-state index in [0.717, 1.165) is 12.1 Å². The standard InChI is InChI=1S/C12H12F2N2O/c1-8(4-5-15)16-12(17)6-9-2-3-10(13)7-11(9)14/h2-3,7-8H,4,6H2,1H3,(H,16,17). The molecule has 90 valence electrons. The Hall–Kier alpha value is -1.96. The Kier molecular flexibility index (Phi) is 4.58. The van der Waals surface area contributed by atoms with Crippen molar-refractivity contribution < 1.29 is 13.6 Å². The molecule has 1 aromatic rings. The molecule has 0 aromatic heterocycles. The van der Waals surface area contributed by atoms with E-state index >= 15 is 0 Å². The summed E-state index contributed by atoms with van der Waals surface area (Å²) in [4.78, 5) is 11.5. The molecular weight excluding hydrogens is 226 g/mol. The van der Waals surface area contributed by atoms with E-state index in [2.05, 4.69) is 5.32 Å². The monoisotopic (exact) mass is 238 g/mol. The maximum absolute atomic E-state index is 13.2. The van der Waals surface area contributed by atoms with E-state index in [9.17, 15) is 13.6 Å². The number of hydrogen-bond acceptors (Lipinski definition) is 2. The molecule has 17 heavy (non-hydrogen) atoms. The first-order valence-corrected chi connectivity index (χ1v) is 5.13. The van der Waals surface area contributed by atoms with Gasteiger partial charge in [0, 0.05) is 12.1 Å². The van der Waals surface area contributed by atoms with Crippen molar-refractivity contribution in [2.24, 2.45) is 0 Å². The molecule has 1 unspecified atom stereocenters. The first-order chi connectivity index (χ1) is 8.02. The van der Waals surface area contributed by atoms with Gasteiger partial charge in [0.15, 0.2) is 0 Å². The fraction of sp³-hybridized carbons (Fsp3) is 0.333. The van der Waals surface area contributed by atoms with Crippen LogP contribution in [-0.2, 0) is 11.2 Å². The van der Waals surface area contributed by atoms with Crippen LogP contribution in [0.15, 0.2) is 18.2 Å². The third-order valence-electron chi connectivity index (χ3n) is 2.17. The van der Waals surface area contributed by atoms with E-state index in [0.29, 0.717) is 0 Å². The van der Waals surface area contributed by atoms with Gasteiger partial charge in [0.2, 0.25) is 5.91 Å². The second-order valence-electron chi connectivity index (χ2n) is 3.74. The third-order valence-corrected chi connectivity index (χ3v) is 2.17. The Morgan fingerprint density at radius 2 is 2.24 bits per heavy atom. The first-order valence-electron chi connectivity index (χ1n) is 5.13. The van der Waals surface area contributed by atoms with Crippen molar-refractivity contribution in [1.82, 2.24) is 5.32 Å². The molecule has 0 fully saturated rings. The minimum atomic E-state index is -0.743. The number of benzene rings is 1. The average Bonchev–Trinajstić information content (AvgIpc) is 2.22. The van der Waals surface area contributed by atoms with Gasteiger partial charge >= 0.3 is 0 Å². The summed E-state index contributed by atoms with van der Waals surface area (Å²) in [5.41, 5.74) is 0.132. The molecule has 0 spiro atoms. The molecule has 1 aromatic carbocycles. The minimum absolute atomic E-state index is 0.132. The van der Waals surface area contributed by atoms with Gasteiger partial charge in [-0.2, -0.15) is 5.26 Å². The lowest BCUT2D eigenvalue weighted by atomic mass is 10.1. The largest absolute Gasteiger partial charge is 0.352 e. The van der Waals surface area contributed by atoms with Crippen LogP contribution in [-0.4, -0.2) is 11.9 Å². The maximum atomic E-state index is 13.2. The number of nitrogens with one attached hydrogen (secondary N) is 1. The predicted molar refractivity (Wildman–Crippen MR) is 57.9 cm³/mol. The maximum Gasteiger partial charge on any atom is 0.224 e. The van der Waals surface area contributed by atoms with Gasteiger partial charge in [0.05, 0.1) is 18.9 Å². The van der Waals surface area contributed by atoms with E-state index in [1.807, 2.05) is 6.07 Å². The molecule has 0 heterocycles. The van der Waals surface area contributed by atoms with Gasteiger partial charge in [-0.3, -0.25) is 4.79 Å². The zero-order valence-corrected chi connectivity index (χ0v) is 9.34. The number of halogens is 2. The SMILES string of the molecule is CC(CC#N)NC(=O)Cc1ccc(F)cc1F. The molecule has 0 saturated heterocycles. The van der Waals surface area contributed by atoms with Crippen LogP contribution in [0.2, 0.25) is 0 Å². The molecule has 0 aliphatic heterocycles. The van der Waals surface area contributed by atoms with Gasteiger partial charge in [0.25, 0.3) is 0 Å². The summed E-state index contributed by atoms with van der Waals surface area (Å²) >= 11 is 0. The van der Waals surface area contributed by atoms with Crippen molar-refractivity contribution in [3.05, 3.63) is 35.4 Å². The van der Waals surface area contributed by atoms with Crippen molar-refractivity contribution in [1.29, 1.82) is 5.26 Å². The van der Waals surface area contributed by atoms with Crippen LogP contribution < -0.4 is 5.32 Å². The summed E-state index contributed by atoms with van der Waals surface area (Å²) in [5.74, 6) is -1.81. The lowest BCUT2D eigenvalue weighted by molar-refractivity contribution is -0.121. The zero-order valence-electron chi connectivity index (χ0n) is 9.34. The summed E-state index contributed by atoms with van der Waals surface area (Å²) < 4.78 is 25.8. The van der Waals surface area contributed by atoms with Crippen LogP contribution in [0, 0.1) is 23.0 Å². The Morgan fingerprint density at radius 3 is 2.82 bits per heavy atom. The second-order valence-corrected chi connectivity index (χ2v) is 3.74. The molecule has 0 radical (unpaired) electrons. The van der Waals surface area contributed by atoms with E-state index in [1.165, 1.54) is 6.07 Å². The van der Waals surface area contributed by atoms with Crippen molar-refractivity contribution in [2.75, 3.05) is 0 Å². The highest BCUT2D eigenvalue weighted by atomic mass is 19.1. The molecule has 0 bridgehead atoms. The van der Waals surface area contributed by atoms with Gasteiger partial charge in [-0.15, -0.1) is 0 Å². The van der Waals surface area contributed by atoms with E-state index in [-0.39, 0.29) is 24.4 Å². The van der Waals surface area contributed by atoms with E-state index in [4.69, 9.17) is 5.26 Å². The molecule has 5 heteroatoms. The first kappa shape index (κ1) is 13.1. The van der Waals surface area contributed by atoms with Gasteiger partial charge in [-0.05, 0) is 18.6 Å². The number of hydrogen-bond donors (Lipinski definition) is 1. The highest BCUT2D eigenvalue weighted by Gasteiger charge is 2.11. The molecule has 1 rings (SSSR count). The van der Waals surface area contributed by atoms with Gasteiger partial charge in [-0.25, -0.2) is 8.78 Å². The Balaban J connectivity index is 2.60. The van der Waals surface area contributed by atoms with E-state index in [1.54, 1.807) is 6.92 Å². The van der Waals surface area contributed by atoms with Gasteiger partial charge < -0.3 is 5.32 Å². The average molecular weight is 238 g/mol. The number of rotatable bonds is 4. The highest BCUT2D eigenvalue weighted by molar-refractivity contribution is 5.78. The van der Waals surface area contributed by atoms with Crippen molar-refractivity contribution in [3.8, 4) is 6.07 Å². The van der Waals surface area contributed by atoms with Crippen LogP contribution in [0.5, 0.6) is 0 Å². The van der Waals surface area contributed by atoms with Crippen LogP contribution in [0.4, 0.5) is 8.78 Å². The summed E-state index contributed by atoms with van der Waals surface area (Å²) in [6.45, 7) is 1.68. The predicted octanol–water partition coefficient (Wildman–Crippen LogP) is 1.93. The second kappa shape index (κ2) is 5.94. The molecule has 1 N–H and O–H groups in total. The molecule has 3 nitrogen and oxygen atoms in total. The lowest BCUT2D eigenvalue weighted by Gasteiger charge is -2.10. The summed E-state index contributed by atoms with van der Waals surface area (Å²) in [6.07, 6.45) is 0.0273. The summed E-state index contributed by atoms with van der Waals surface area (Å²) in [5, 5.41) is 11.0. The topological polar surface area (TPSA) is 52.9 Å². The molecule has 1 atom stereocenters. The molecular formula is C12H12F2N2O. The smallest absolute Gasteiger partial charge is 0.224 e. The van der Waals surface area contributed by atoms with Crippen molar-refractivity contribution in [3.63, 3.8) is 0 Å². The van der Waals surface area contributed by atoms with Crippen LogP contribution in [0.1, 0.15) is 18.9 Å². The lowest BCUT2D eigenvalue weighted by Crippen LogP contribution is -2.33. The number of nitriles is 1. The Morgan fingerprint density at radius 1 is 1.53 bits per heavy atom. The van der Waals surface area contributed by atoms with Crippen LogP contribution >= 0.6 is 0 Å². The van der Waals surface area contributed by atoms with Crippen molar-refractivity contribution in [2.45, 2.75) is 25.8 Å². The zero-order chi connectivity index (χ0) is 12.8. The Labute approximate surface area is 98.1 Å². The normalized spacial score (nSPS) is 11.6. The van der Waals surface area contributed by atoms with Crippen LogP contribution in [0.25, 0.3) is 0 Å². The molecule has 0 saturated carbocycles. The molecule has 0 aliphatic rings.